The first kappa shape index (κ1) is 21.7. The second kappa shape index (κ2) is 8.54. The Morgan fingerprint density at radius 1 is 1.16 bits per heavy atom. The Hall–Kier alpha value is -2.54. The summed E-state index contributed by atoms with van der Waals surface area (Å²) < 4.78 is 40.6. The first-order valence-electron chi connectivity index (χ1n) is 10.9. The third-order valence-electron chi connectivity index (χ3n) is 6.31. The van der Waals surface area contributed by atoms with E-state index >= 15 is 0 Å². The molecule has 0 spiro atoms. The fourth-order valence-corrected chi connectivity index (χ4v) is 4.48. The first-order valence-corrected chi connectivity index (χ1v) is 10.9. The number of fused-ring (bicyclic) bond motifs is 1. The highest BCUT2D eigenvalue weighted by atomic mass is 19.4. The van der Waals surface area contributed by atoms with Gasteiger partial charge in [0.1, 0.15) is 6.04 Å². The van der Waals surface area contributed by atoms with Crippen LogP contribution >= 0.6 is 0 Å². The van der Waals surface area contributed by atoms with E-state index in [0.717, 1.165) is 42.1 Å². The summed E-state index contributed by atoms with van der Waals surface area (Å²) in [6.45, 7) is 3.30. The van der Waals surface area contributed by atoms with Crippen LogP contribution in [-0.4, -0.2) is 21.8 Å². The van der Waals surface area contributed by atoms with Crippen LogP contribution in [0.1, 0.15) is 56.2 Å². The van der Waals surface area contributed by atoms with Gasteiger partial charge in [0.05, 0.1) is 22.6 Å². The molecule has 7 heteroatoms. The Balaban J connectivity index is 1.69. The molecule has 166 valence electrons. The molecule has 0 radical (unpaired) electrons. The molecule has 4 rings (SSSR count). The molecule has 1 unspecified atom stereocenters. The predicted octanol–water partition coefficient (Wildman–Crippen LogP) is 6.14. The Labute approximate surface area is 180 Å². The maximum atomic E-state index is 12.7. The smallest absolute Gasteiger partial charge is 0.396 e. The molecule has 3 N–H and O–H groups in total. The summed E-state index contributed by atoms with van der Waals surface area (Å²) in [5.74, 6) is 0. The van der Waals surface area contributed by atoms with Gasteiger partial charge in [-0.1, -0.05) is 37.5 Å². The molecule has 31 heavy (non-hydrogen) atoms. The summed E-state index contributed by atoms with van der Waals surface area (Å²) in [6, 6.07) is 8.82. The van der Waals surface area contributed by atoms with Gasteiger partial charge < -0.3 is 15.6 Å². The molecule has 0 amide bonds. The van der Waals surface area contributed by atoms with Crippen molar-refractivity contribution in [1.82, 2.24) is 14.9 Å². The highest BCUT2D eigenvalue weighted by Crippen LogP contribution is 2.41. The lowest BCUT2D eigenvalue weighted by Gasteiger charge is -2.26. The second-order valence-corrected chi connectivity index (χ2v) is 8.64. The summed E-state index contributed by atoms with van der Waals surface area (Å²) in [6.07, 6.45) is 3.26. The van der Waals surface area contributed by atoms with Crippen molar-refractivity contribution in [3.63, 3.8) is 0 Å². The van der Waals surface area contributed by atoms with Gasteiger partial charge in [-0.15, -0.1) is 0 Å². The molecule has 4 nitrogen and oxygen atoms in total. The van der Waals surface area contributed by atoms with E-state index in [0.29, 0.717) is 17.3 Å². The Kier molecular flexibility index (Phi) is 5.97. The zero-order valence-electron chi connectivity index (χ0n) is 18.0. The van der Waals surface area contributed by atoms with E-state index in [1.165, 1.54) is 24.8 Å². The number of nitrogens with one attached hydrogen (secondary N) is 1. The van der Waals surface area contributed by atoms with Crippen LogP contribution in [0, 0.1) is 6.92 Å². The normalized spacial score (nSPS) is 16.7. The van der Waals surface area contributed by atoms with Crippen LogP contribution in [0.25, 0.3) is 22.3 Å². The van der Waals surface area contributed by atoms with Gasteiger partial charge in [-0.3, -0.25) is 4.98 Å². The van der Waals surface area contributed by atoms with Crippen LogP contribution in [0.4, 0.5) is 18.9 Å². The van der Waals surface area contributed by atoms with Crippen LogP contribution in [0.2, 0.25) is 0 Å². The van der Waals surface area contributed by atoms with Gasteiger partial charge in [0.25, 0.3) is 0 Å². The van der Waals surface area contributed by atoms with Crippen molar-refractivity contribution in [3.8, 4) is 11.4 Å². The first-order chi connectivity index (χ1) is 14.8. The topological polar surface area (TPSA) is 55.9 Å². The average Bonchev–Trinajstić information content (AvgIpc) is 3.04. The number of anilines is 1. The number of nitrogens with two attached hydrogens (primary N) is 1. The third kappa shape index (κ3) is 4.42. The summed E-state index contributed by atoms with van der Waals surface area (Å²) in [7, 11) is 0. The van der Waals surface area contributed by atoms with E-state index in [2.05, 4.69) is 40.0 Å². The standard InChI is InChI=1S/C24H29F3N4/c1-15-8-10-19-21(12-15)31(18-6-4-3-5-7-18)23(22(19)28)20-11-9-17(14-30-20)13-29-16(2)24(25,26)27/h8-12,14,16,18,29H,3-7,13,28H2,1-2H3. The Morgan fingerprint density at radius 2 is 1.90 bits per heavy atom. The molecular weight excluding hydrogens is 401 g/mol. The molecular formula is C24H29F3N4. The van der Waals surface area contributed by atoms with Crippen molar-refractivity contribution < 1.29 is 13.2 Å². The van der Waals surface area contributed by atoms with E-state index in [4.69, 9.17) is 5.73 Å². The Morgan fingerprint density at radius 3 is 2.55 bits per heavy atom. The van der Waals surface area contributed by atoms with E-state index in [1.54, 1.807) is 6.20 Å². The monoisotopic (exact) mass is 430 g/mol. The fraction of sp³-hybridized carbons (Fsp3) is 0.458. The molecule has 1 aliphatic carbocycles. The number of benzene rings is 1. The van der Waals surface area contributed by atoms with Crippen molar-refractivity contribution in [1.29, 1.82) is 0 Å². The van der Waals surface area contributed by atoms with E-state index in [9.17, 15) is 13.2 Å². The summed E-state index contributed by atoms with van der Waals surface area (Å²) in [5, 5.41) is 3.53. The number of nitrogens with zero attached hydrogens (tertiary/aromatic N) is 2. The summed E-state index contributed by atoms with van der Waals surface area (Å²) in [4.78, 5) is 4.60. The molecule has 0 aliphatic heterocycles. The number of aryl methyl sites for hydroxylation is 1. The average molecular weight is 431 g/mol. The molecule has 1 saturated carbocycles. The van der Waals surface area contributed by atoms with Crippen LogP contribution in [0.3, 0.4) is 0 Å². The van der Waals surface area contributed by atoms with Crippen molar-refractivity contribution in [2.24, 2.45) is 0 Å². The fourth-order valence-electron chi connectivity index (χ4n) is 4.48. The molecule has 0 bridgehead atoms. The largest absolute Gasteiger partial charge is 0.403 e. The molecule has 0 saturated heterocycles. The van der Waals surface area contributed by atoms with Gasteiger partial charge in [0.2, 0.25) is 0 Å². The predicted molar refractivity (Wildman–Crippen MR) is 119 cm³/mol. The van der Waals surface area contributed by atoms with Gasteiger partial charge in [0, 0.05) is 24.2 Å². The van der Waals surface area contributed by atoms with Gasteiger partial charge in [-0.05, 0) is 49.9 Å². The number of pyridine rings is 1. The molecule has 1 atom stereocenters. The van der Waals surface area contributed by atoms with E-state index in [-0.39, 0.29) is 6.54 Å². The van der Waals surface area contributed by atoms with Crippen molar-refractivity contribution >= 4 is 16.6 Å². The number of rotatable bonds is 5. The van der Waals surface area contributed by atoms with Gasteiger partial charge in [-0.25, -0.2) is 0 Å². The maximum Gasteiger partial charge on any atom is 0.403 e. The minimum Gasteiger partial charge on any atom is -0.396 e. The van der Waals surface area contributed by atoms with E-state index < -0.39 is 12.2 Å². The lowest BCUT2D eigenvalue weighted by Crippen LogP contribution is -2.39. The number of hydrogen-bond donors (Lipinski definition) is 2. The van der Waals surface area contributed by atoms with Crippen LogP contribution in [0.15, 0.2) is 36.5 Å². The maximum absolute atomic E-state index is 12.7. The minimum atomic E-state index is -4.26. The third-order valence-corrected chi connectivity index (χ3v) is 6.31. The van der Waals surface area contributed by atoms with Crippen LogP contribution in [0.5, 0.6) is 0 Å². The highest BCUT2D eigenvalue weighted by molar-refractivity contribution is 6.00. The summed E-state index contributed by atoms with van der Waals surface area (Å²) >= 11 is 0. The van der Waals surface area contributed by atoms with Gasteiger partial charge >= 0.3 is 6.18 Å². The van der Waals surface area contributed by atoms with Crippen LogP contribution < -0.4 is 11.1 Å². The van der Waals surface area contributed by atoms with E-state index in [1.807, 2.05) is 12.1 Å². The molecule has 1 fully saturated rings. The lowest BCUT2D eigenvalue weighted by molar-refractivity contribution is -0.151. The second-order valence-electron chi connectivity index (χ2n) is 8.64. The molecule has 1 aliphatic rings. The molecule has 2 heterocycles. The zero-order chi connectivity index (χ0) is 22.2. The molecule has 2 aromatic heterocycles. The van der Waals surface area contributed by atoms with Crippen molar-refractivity contribution in [3.05, 3.63) is 47.7 Å². The molecule has 3 aromatic rings. The minimum absolute atomic E-state index is 0.105. The van der Waals surface area contributed by atoms with Gasteiger partial charge in [0.15, 0.2) is 0 Å². The highest BCUT2D eigenvalue weighted by Gasteiger charge is 2.35. The number of halogens is 3. The van der Waals surface area contributed by atoms with Crippen molar-refractivity contribution in [2.45, 2.75) is 70.8 Å². The zero-order valence-corrected chi connectivity index (χ0v) is 18.0. The van der Waals surface area contributed by atoms with Crippen molar-refractivity contribution in [2.75, 3.05) is 5.73 Å². The molecule has 1 aromatic carbocycles. The number of aromatic nitrogens is 2. The SMILES string of the molecule is Cc1ccc2c(N)c(-c3ccc(CNC(C)C(F)(F)F)cn3)n(C3CCCCC3)c2c1. The number of hydrogen-bond acceptors (Lipinski definition) is 3. The number of nitrogen functional groups attached to an aromatic ring is 1. The number of alkyl halides is 3. The Bertz CT molecular complexity index is 1050. The quantitative estimate of drug-likeness (QED) is 0.511. The lowest BCUT2D eigenvalue weighted by atomic mass is 9.95. The van der Waals surface area contributed by atoms with Crippen LogP contribution in [-0.2, 0) is 6.54 Å². The van der Waals surface area contributed by atoms with Gasteiger partial charge in [-0.2, -0.15) is 13.2 Å². The summed E-state index contributed by atoms with van der Waals surface area (Å²) in [5.41, 5.74) is 12.0.